The Morgan fingerprint density at radius 1 is 1.50 bits per heavy atom. The minimum atomic E-state index is 0.301. The highest BCUT2D eigenvalue weighted by Crippen LogP contribution is 2.20. The van der Waals surface area contributed by atoms with Gasteiger partial charge in [0.2, 0.25) is 0 Å². The van der Waals surface area contributed by atoms with Gasteiger partial charge in [-0.1, -0.05) is 6.07 Å². The molecule has 1 aromatic rings. The molecule has 1 aromatic carbocycles. The number of carbonyl (C=O) groups is 1. The molecule has 0 atom stereocenters. The first kappa shape index (κ1) is 12.6. The maximum atomic E-state index is 11.4. The number of piperidine rings is 1. The normalized spacial score (nSPS) is 16.3. The van der Waals surface area contributed by atoms with Crippen LogP contribution in [0.2, 0.25) is 0 Å². The van der Waals surface area contributed by atoms with Crippen LogP contribution in [0, 0.1) is 11.3 Å². The highest BCUT2D eigenvalue weighted by molar-refractivity contribution is 5.81. The zero-order valence-electron chi connectivity index (χ0n) is 10.5. The van der Waals surface area contributed by atoms with Crippen molar-refractivity contribution >= 4 is 5.78 Å². The number of nitriles is 1. The monoisotopic (exact) mass is 244 g/mol. The number of likely N-dealkylation sites (tertiary alicyclic amines) is 1. The van der Waals surface area contributed by atoms with E-state index >= 15 is 0 Å². The molecule has 0 radical (unpaired) electrons. The number of carbonyl (C=O) groups excluding carboxylic acids is 1. The van der Waals surface area contributed by atoms with Gasteiger partial charge in [-0.25, -0.2) is 0 Å². The van der Waals surface area contributed by atoms with Crippen molar-refractivity contribution in [3.05, 3.63) is 29.3 Å². The van der Waals surface area contributed by atoms with E-state index < -0.39 is 0 Å². The van der Waals surface area contributed by atoms with Gasteiger partial charge in [-0.2, -0.15) is 5.26 Å². The molecule has 2 rings (SSSR count). The van der Waals surface area contributed by atoms with E-state index in [2.05, 4.69) is 11.0 Å². The molecule has 0 saturated carbocycles. The minimum absolute atomic E-state index is 0.301. The summed E-state index contributed by atoms with van der Waals surface area (Å²) in [5.74, 6) is 0.895. The summed E-state index contributed by atoms with van der Waals surface area (Å²) in [6.07, 6.45) is 1.63. The molecular weight excluding hydrogens is 228 g/mol. The number of Topliss-reactive ketones (excluding diaryl/α,β-unsaturated/α-hetero) is 1. The molecular formula is C14H16N2O2. The number of benzene rings is 1. The molecule has 1 fully saturated rings. The highest BCUT2D eigenvalue weighted by atomic mass is 16.5. The van der Waals surface area contributed by atoms with Crippen molar-refractivity contribution in [3.8, 4) is 11.8 Å². The van der Waals surface area contributed by atoms with Crippen LogP contribution in [-0.4, -0.2) is 30.9 Å². The standard InChI is InChI=1S/C14H16N2O2/c1-18-14-5-4-11(7-12(14)8-15)9-16-6-2-3-13(17)10-16/h4-5,7H,2-3,6,9-10H2,1H3. The van der Waals surface area contributed by atoms with Gasteiger partial charge in [-0.3, -0.25) is 9.69 Å². The third-order valence-corrected chi connectivity index (χ3v) is 3.12. The van der Waals surface area contributed by atoms with Crippen LogP contribution in [0.3, 0.4) is 0 Å². The maximum Gasteiger partial charge on any atom is 0.146 e. The van der Waals surface area contributed by atoms with E-state index in [4.69, 9.17) is 10.00 Å². The van der Waals surface area contributed by atoms with Crippen molar-refractivity contribution in [2.75, 3.05) is 20.2 Å². The average molecular weight is 244 g/mol. The van der Waals surface area contributed by atoms with Gasteiger partial charge in [0, 0.05) is 13.0 Å². The fraction of sp³-hybridized carbons (Fsp3) is 0.429. The molecule has 0 bridgehead atoms. The Bertz CT molecular complexity index is 491. The Morgan fingerprint density at radius 3 is 3.00 bits per heavy atom. The molecule has 1 heterocycles. The third-order valence-electron chi connectivity index (χ3n) is 3.12. The Balaban J connectivity index is 2.10. The zero-order valence-corrected chi connectivity index (χ0v) is 10.5. The number of methoxy groups -OCH3 is 1. The second-order valence-electron chi connectivity index (χ2n) is 4.50. The molecule has 18 heavy (non-hydrogen) atoms. The van der Waals surface area contributed by atoms with E-state index in [1.165, 1.54) is 0 Å². The average Bonchev–Trinajstić information content (AvgIpc) is 2.38. The van der Waals surface area contributed by atoms with Crippen molar-refractivity contribution < 1.29 is 9.53 Å². The van der Waals surface area contributed by atoms with Crippen LogP contribution in [0.25, 0.3) is 0 Å². The molecule has 0 aliphatic carbocycles. The molecule has 0 unspecified atom stereocenters. The third kappa shape index (κ3) is 2.88. The van der Waals surface area contributed by atoms with Gasteiger partial charge in [0.25, 0.3) is 0 Å². The zero-order chi connectivity index (χ0) is 13.0. The van der Waals surface area contributed by atoms with Crippen LogP contribution in [0.4, 0.5) is 0 Å². The smallest absolute Gasteiger partial charge is 0.146 e. The molecule has 0 amide bonds. The molecule has 1 saturated heterocycles. The van der Waals surface area contributed by atoms with E-state index in [-0.39, 0.29) is 0 Å². The quantitative estimate of drug-likeness (QED) is 0.812. The van der Waals surface area contributed by atoms with E-state index in [1.54, 1.807) is 13.2 Å². The predicted octanol–water partition coefficient (Wildman–Crippen LogP) is 1.73. The van der Waals surface area contributed by atoms with Crippen LogP contribution >= 0.6 is 0 Å². The SMILES string of the molecule is COc1ccc(CN2CCCC(=O)C2)cc1C#N. The lowest BCUT2D eigenvalue weighted by Crippen LogP contribution is -2.34. The fourth-order valence-corrected chi connectivity index (χ4v) is 2.24. The minimum Gasteiger partial charge on any atom is -0.495 e. The Hall–Kier alpha value is -1.86. The second-order valence-corrected chi connectivity index (χ2v) is 4.50. The van der Waals surface area contributed by atoms with Crippen LogP contribution in [-0.2, 0) is 11.3 Å². The van der Waals surface area contributed by atoms with Gasteiger partial charge < -0.3 is 4.74 Å². The van der Waals surface area contributed by atoms with Gasteiger partial charge in [0.15, 0.2) is 0 Å². The summed E-state index contributed by atoms with van der Waals surface area (Å²) < 4.78 is 5.11. The van der Waals surface area contributed by atoms with E-state index in [1.807, 2.05) is 12.1 Å². The van der Waals surface area contributed by atoms with Gasteiger partial charge in [-0.15, -0.1) is 0 Å². The molecule has 94 valence electrons. The largest absolute Gasteiger partial charge is 0.495 e. The first-order valence-electron chi connectivity index (χ1n) is 6.04. The van der Waals surface area contributed by atoms with Crippen LogP contribution < -0.4 is 4.74 Å². The number of ether oxygens (including phenoxy) is 1. The van der Waals surface area contributed by atoms with Crippen LogP contribution in [0.5, 0.6) is 5.75 Å². The maximum absolute atomic E-state index is 11.4. The molecule has 0 aromatic heterocycles. The van der Waals surface area contributed by atoms with Gasteiger partial charge in [0.1, 0.15) is 17.6 Å². The first-order chi connectivity index (χ1) is 8.72. The van der Waals surface area contributed by atoms with Gasteiger partial charge in [-0.05, 0) is 30.7 Å². The number of rotatable bonds is 3. The summed E-state index contributed by atoms with van der Waals surface area (Å²) in [6, 6.07) is 7.70. The summed E-state index contributed by atoms with van der Waals surface area (Å²) in [5, 5.41) is 9.02. The predicted molar refractivity (Wildman–Crippen MR) is 67.2 cm³/mol. The van der Waals surface area contributed by atoms with E-state index in [0.29, 0.717) is 36.6 Å². The molecule has 0 spiro atoms. The highest BCUT2D eigenvalue weighted by Gasteiger charge is 2.17. The number of ketones is 1. The van der Waals surface area contributed by atoms with Crippen molar-refractivity contribution in [1.82, 2.24) is 4.90 Å². The van der Waals surface area contributed by atoms with Gasteiger partial charge >= 0.3 is 0 Å². The molecule has 1 aliphatic heterocycles. The van der Waals surface area contributed by atoms with Crippen LogP contribution in [0.1, 0.15) is 24.0 Å². The summed E-state index contributed by atoms with van der Waals surface area (Å²) in [4.78, 5) is 13.5. The number of hydrogen-bond acceptors (Lipinski definition) is 4. The number of nitrogens with zero attached hydrogens (tertiary/aromatic N) is 2. The van der Waals surface area contributed by atoms with Crippen LogP contribution in [0.15, 0.2) is 18.2 Å². The molecule has 0 N–H and O–H groups in total. The van der Waals surface area contributed by atoms with Crippen molar-refractivity contribution in [2.45, 2.75) is 19.4 Å². The topological polar surface area (TPSA) is 53.3 Å². The molecule has 4 nitrogen and oxygen atoms in total. The second kappa shape index (κ2) is 5.65. The van der Waals surface area contributed by atoms with E-state index in [9.17, 15) is 4.79 Å². The lowest BCUT2D eigenvalue weighted by Gasteiger charge is -2.25. The molecule has 1 aliphatic rings. The summed E-state index contributed by atoms with van der Waals surface area (Å²) >= 11 is 0. The fourth-order valence-electron chi connectivity index (χ4n) is 2.24. The summed E-state index contributed by atoms with van der Waals surface area (Å²) in [6.45, 7) is 2.18. The summed E-state index contributed by atoms with van der Waals surface area (Å²) in [7, 11) is 1.55. The van der Waals surface area contributed by atoms with E-state index in [0.717, 1.165) is 18.5 Å². The first-order valence-corrected chi connectivity index (χ1v) is 6.04. The Kier molecular flexibility index (Phi) is 3.96. The number of hydrogen-bond donors (Lipinski definition) is 0. The van der Waals surface area contributed by atoms with Crippen molar-refractivity contribution in [3.63, 3.8) is 0 Å². The van der Waals surface area contributed by atoms with Crippen molar-refractivity contribution in [1.29, 1.82) is 5.26 Å². The summed E-state index contributed by atoms with van der Waals surface area (Å²) in [5.41, 5.74) is 1.58. The Labute approximate surface area is 107 Å². The lowest BCUT2D eigenvalue weighted by atomic mass is 10.1. The van der Waals surface area contributed by atoms with Crippen molar-refractivity contribution in [2.24, 2.45) is 0 Å². The van der Waals surface area contributed by atoms with Gasteiger partial charge in [0.05, 0.1) is 19.2 Å². The Morgan fingerprint density at radius 2 is 2.33 bits per heavy atom. The lowest BCUT2D eigenvalue weighted by molar-refractivity contribution is -0.122. The molecule has 4 heteroatoms.